The molecule has 1 aliphatic rings. The van der Waals surface area contributed by atoms with Crippen molar-refractivity contribution in [3.63, 3.8) is 0 Å². The highest BCUT2D eigenvalue weighted by Crippen LogP contribution is 2.17. The van der Waals surface area contributed by atoms with E-state index in [1.54, 1.807) is 25.6 Å². The van der Waals surface area contributed by atoms with Crippen LogP contribution in [0, 0.1) is 0 Å². The molecule has 2 aromatic rings. The molecule has 7 nitrogen and oxygen atoms in total. The molecule has 0 aliphatic carbocycles. The van der Waals surface area contributed by atoms with Crippen molar-refractivity contribution in [1.29, 1.82) is 0 Å². The van der Waals surface area contributed by atoms with Gasteiger partial charge in [-0.1, -0.05) is 0 Å². The van der Waals surface area contributed by atoms with Gasteiger partial charge in [0.2, 0.25) is 5.88 Å². The van der Waals surface area contributed by atoms with E-state index in [0.717, 1.165) is 50.8 Å². The Labute approximate surface area is 135 Å². The first-order valence-electron chi connectivity index (χ1n) is 7.72. The van der Waals surface area contributed by atoms with Gasteiger partial charge in [0.1, 0.15) is 5.82 Å². The van der Waals surface area contributed by atoms with E-state index in [9.17, 15) is 0 Å². The molecule has 7 heteroatoms. The fourth-order valence-electron chi connectivity index (χ4n) is 2.40. The van der Waals surface area contributed by atoms with Crippen molar-refractivity contribution in [1.82, 2.24) is 19.9 Å². The molecule has 0 unspecified atom stereocenters. The molecule has 122 valence electrons. The van der Waals surface area contributed by atoms with Crippen LogP contribution in [0.2, 0.25) is 0 Å². The van der Waals surface area contributed by atoms with Gasteiger partial charge >= 0.3 is 0 Å². The molecule has 23 heavy (non-hydrogen) atoms. The van der Waals surface area contributed by atoms with Crippen LogP contribution in [0.1, 0.15) is 0 Å². The maximum Gasteiger partial charge on any atom is 0.212 e. The summed E-state index contributed by atoms with van der Waals surface area (Å²) in [6.07, 6.45) is 3.47. The van der Waals surface area contributed by atoms with E-state index in [-0.39, 0.29) is 0 Å². The first-order chi connectivity index (χ1) is 11.3. The second kappa shape index (κ2) is 7.85. The normalized spacial score (nSPS) is 15.3. The molecule has 0 spiro atoms. The molecule has 1 saturated heterocycles. The zero-order valence-corrected chi connectivity index (χ0v) is 13.2. The fourth-order valence-corrected chi connectivity index (χ4v) is 2.40. The van der Waals surface area contributed by atoms with Crippen molar-refractivity contribution in [3.8, 4) is 17.3 Å². The summed E-state index contributed by atoms with van der Waals surface area (Å²) >= 11 is 0. The Balaban J connectivity index is 1.58. The van der Waals surface area contributed by atoms with E-state index < -0.39 is 0 Å². The molecular weight excluding hydrogens is 294 g/mol. The number of methoxy groups -OCH3 is 1. The Kier molecular flexibility index (Phi) is 5.33. The summed E-state index contributed by atoms with van der Waals surface area (Å²) in [6.45, 7) is 5.46. The van der Waals surface area contributed by atoms with Crippen LogP contribution in [0.25, 0.3) is 11.4 Å². The quantitative estimate of drug-likeness (QED) is 0.861. The summed E-state index contributed by atoms with van der Waals surface area (Å²) < 4.78 is 10.4. The number of aromatic nitrogens is 3. The highest BCUT2D eigenvalue weighted by Gasteiger charge is 2.09. The molecule has 0 atom stereocenters. The summed E-state index contributed by atoms with van der Waals surface area (Å²) in [5.74, 6) is 2.05. The highest BCUT2D eigenvalue weighted by atomic mass is 16.5. The Hall–Kier alpha value is -2.25. The van der Waals surface area contributed by atoms with E-state index in [4.69, 9.17) is 9.47 Å². The third kappa shape index (κ3) is 4.37. The molecular formula is C16H21N5O2. The lowest BCUT2D eigenvalue weighted by Crippen LogP contribution is -2.39. The number of anilines is 1. The van der Waals surface area contributed by atoms with Crippen LogP contribution in [0.3, 0.4) is 0 Å². The second-order valence-corrected chi connectivity index (χ2v) is 5.24. The van der Waals surface area contributed by atoms with Crippen LogP contribution < -0.4 is 10.1 Å². The topological polar surface area (TPSA) is 72.4 Å². The largest absolute Gasteiger partial charge is 0.481 e. The molecule has 0 aromatic carbocycles. The first kappa shape index (κ1) is 15.6. The van der Waals surface area contributed by atoms with Crippen molar-refractivity contribution < 1.29 is 9.47 Å². The maximum atomic E-state index is 5.35. The summed E-state index contributed by atoms with van der Waals surface area (Å²) in [4.78, 5) is 15.4. The van der Waals surface area contributed by atoms with Crippen LogP contribution in [-0.4, -0.2) is 66.4 Å². The number of nitrogens with zero attached hydrogens (tertiary/aromatic N) is 4. The van der Waals surface area contributed by atoms with Crippen molar-refractivity contribution in [2.24, 2.45) is 0 Å². The second-order valence-electron chi connectivity index (χ2n) is 5.24. The zero-order valence-electron chi connectivity index (χ0n) is 13.2. The van der Waals surface area contributed by atoms with Gasteiger partial charge in [0.05, 0.1) is 20.3 Å². The first-order valence-corrected chi connectivity index (χ1v) is 7.72. The summed E-state index contributed by atoms with van der Waals surface area (Å²) in [5, 5.41) is 3.35. The Morgan fingerprint density at radius 2 is 2.09 bits per heavy atom. The number of ether oxygens (including phenoxy) is 2. The highest BCUT2D eigenvalue weighted by molar-refractivity contribution is 5.56. The van der Waals surface area contributed by atoms with Gasteiger partial charge in [0, 0.05) is 50.2 Å². The van der Waals surface area contributed by atoms with Gasteiger partial charge in [-0.15, -0.1) is 0 Å². The van der Waals surface area contributed by atoms with Gasteiger partial charge in [-0.3, -0.25) is 4.90 Å². The number of pyridine rings is 1. The molecule has 0 saturated carbocycles. The fraction of sp³-hybridized carbons (Fsp3) is 0.438. The Morgan fingerprint density at radius 3 is 2.83 bits per heavy atom. The van der Waals surface area contributed by atoms with Crippen LogP contribution in [0.5, 0.6) is 5.88 Å². The third-order valence-corrected chi connectivity index (χ3v) is 3.70. The zero-order chi connectivity index (χ0) is 15.9. The molecule has 0 bridgehead atoms. The minimum absolute atomic E-state index is 0.577. The lowest BCUT2D eigenvalue weighted by atomic mass is 10.2. The average molecular weight is 315 g/mol. The Morgan fingerprint density at radius 1 is 1.22 bits per heavy atom. The predicted octanol–water partition coefficient (Wildman–Crippen LogP) is 1.29. The van der Waals surface area contributed by atoms with Crippen molar-refractivity contribution >= 4 is 5.82 Å². The van der Waals surface area contributed by atoms with Gasteiger partial charge < -0.3 is 14.8 Å². The number of rotatable bonds is 6. The van der Waals surface area contributed by atoms with E-state index in [1.165, 1.54) is 0 Å². The molecule has 2 aromatic heterocycles. The number of morpholine rings is 1. The molecule has 0 radical (unpaired) electrons. The minimum atomic E-state index is 0.577. The molecule has 1 aliphatic heterocycles. The van der Waals surface area contributed by atoms with Gasteiger partial charge in [-0.05, 0) is 12.1 Å². The van der Waals surface area contributed by atoms with Crippen LogP contribution >= 0.6 is 0 Å². The lowest BCUT2D eigenvalue weighted by Gasteiger charge is -2.26. The van der Waals surface area contributed by atoms with Crippen LogP contribution in [-0.2, 0) is 4.74 Å². The smallest absolute Gasteiger partial charge is 0.212 e. The summed E-state index contributed by atoms with van der Waals surface area (Å²) in [5.41, 5.74) is 0.864. The molecule has 1 N–H and O–H groups in total. The predicted molar refractivity (Wildman–Crippen MR) is 87.6 cm³/mol. The Bertz CT molecular complexity index is 614. The van der Waals surface area contributed by atoms with Gasteiger partial charge in [0.15, 0.2) is 5.82 Å². The van der Waals surface area contributed by atoms with Crippen LogP contribution in [0.4, 0.5) is 5.82 Å². The molecule has 0 amide bonds. The van der Waals surface area contributed by atoms with Crippen molar-refractivity contribution in [3.05, 3.63) is 30.6 Å². The maximum absolute atomic E-state index is 5.35. The number of nitrogens with one attached hydrogen (secondary N) is 1. The SMILES string of the molecule is COc1ccc(-c2nccc(NCCN3CCOCC3)n2)cn1. The van der Waals surface area contributed by atoms with E-state index in [0.29, 0.717) is 11.7 Å². The summed E-state index contributed by atoms with van der Waals surface area (Å²) in [7, 11) is 1.59. The van der Waals surface area contributed by atoms with Crippen molar-refractivity contribution in [2.75, 3.05) is 51.8 Å². The van der Waals surface area contributed by atoms with Crippen molar-refractivity contribution in [2.45, 2.75) is 0 Å². The van der Waals surface area contributed by atoms with Crippen LogP contribution in [0.15, 0.2) is 30.6 Å². The average Bonchev–Trinajstić information content (AvgIpc) is 2.63. The number of hydrogen-bond donors (Lipinski definition) is 1. The third-order valence-electron chi connectivity index (χ3n) is 3.70. The van der Waals surface area contributed by atoms with E-state index >= 15 is 0 Å². The minimum Gasteiger partial charge on any atom is -0.481 e. The monoisotopic (exact) mass is 315 g/mol. The molecule has 3 rings (SSSR count). The van der Waals surface area contributed by atoms with Gasteiger partial charge in [-0.2, -0.15) is 0 Å². The van der Waals surface area contributed by atoms with E-state index in [1.807, 2.05) is 12.1 Å². The number of hydrogen-bond acceptors (Lipinski definition) is 7. The van der Waals surface area contributed by atoms with E-state index in [2.05, 4.69) is 25.2 Å². The van der Waals surface area contributed by atoms with Gasteiger partial charge in [-0.25, -0.2) is 15.0 Å². The standard InChI is InChI=1S/C16H21N5O2/c1-22-15-3-2-13(12-19-15)16-18-5-4-14(20-16)17-6-7-21-8-10-23-11-9-21/h2-5,12H,6-11H2,1H3,(H,17,18,20). The molecule has 1 fully saturated rings. The summed E-state index contributed by atoms with van der Waals surface area (Å²) in [6, 6.07) is 5.58. The van der Waals surface area contributed by atoms with Gasteiger partial charge in [0.25, 0.3) is 0 Å². The lowest BCUT2D eigenvalue weighted by molar-refractivity contribution is 0.0398. The molecule has 3 heterocycles.